The minimum absolute atomic E-state index is 0.113. The van der Waals surface area contributed by atoms with Gasteiger partial charge in [-0.15, -0.1) is 0 Å². The highest BCUT2D eigenvalue weighted by molar-refractivity contribution is 6.39. The zero-order valence-electron chi connectivity index (χ0n) is 11.6. The molecule has 2 saturated heterocycles. The molecular formula is C15H18Cl2N2O2. The lowest BCUT2D eigenvalue weighted by Crippen LogP contribution is -2.47. The Morgan fingerprint density at radius 1 is 1.24 bits per heavy atom. The molecular weight excluding hydrogens is 311 g/mol. The monoisotopic (exact) mass is 328 g/mol. The van der Waals surface area contributed by atoms with Gasteiger partial charge in [0.25, 0.3) is 0 Å². The van der Waals surface area contributed by atoms with Crippen LogP contribution >= 0.6 is 23.2 Å². The number of carbonyl (C=O) groups excluding carboxylic acids is 1. The van der Waals surface area contributed by atoms with Gasteiger partial charge >= 0.3 is 0 Å². The summed E-state index contributed by atoms with van der Waals surface area (Å²) in [5.41, 5.74) is 0.468. The van der Waals surface area contributed by atoms with E-state index in [2.05, 4.69) is 10.2 Å². The van der Waals surface area contributed by atoms with Crippen LogP contribution in [-0.4, -0.2) is 40.6 Å². The summed E-state index contributed by atoms with van der Waals surface area (Å²) in [4.78, 5) is 14.5. The van der Waals surface area contributed by atoms with Gasteiger partial charge in [-0.3, -0.25) is 9.69 Å². The number of hydrogen-bond donors (Lipinski definition) is 2. The van der Waals surface area contributed by atoms with Crippen molar-refractivity contribution in [2.75, 3.05) is 11.9 Å². The number of nitrogens with one attached hydrogen (secondary N) is 1. The molecule has 0 aliphatic carbocycles. The zero-order valence-corrected chi connectivity index (χ0v) is 13.1. The third-order valence-corrected chi connectivity index (χ3v) is 5.04. The molecule has 2 bridgehead atoms. The Balaban J connectivity index is 1.65. The Bertz CT molecular complexity index is 518. The molecule has 2 atom stereocenters. The molecule has 2 aliphatic heterocycles. The largest absolute Gasteiger partial charge is 0.393 e. The summed E-state index contributed by atoms with van der Waals surface area (Å²) in [6, 6.07) is 5.76. The van der Waals surface area contributed by atoms with E-state index in [1.54, 1.807) is 18.2 Å². The number of aliphatic hydroxyl groups excluding tert-OH is 1. The number of rotatable bonds is 3. The van der Waals surface area contributed by atoms with Gasteiger partial charge < -0.3 is 10.4 Å². The molecule has 2 unspecified atom stereocenters. The van der Waals surface area contributed by atoms with Crippen LogP contribution in [0.1, 0.15) is 25.7 Å². The van der Waals surface area contributed by atoms with Crippen molar-refractivity contribution in [1.29, 1.82) is 0 Å². The topological polar surface area (TPSA) is 52.6 Å². The van der Waals surface area contributed by atoms with Gasteiger partial charge in [-0.2, -0.15) is 0 Å². The van der Waals surface area contributed by atoms with Gasteiger partial charge in [0.1, 0.15) is 0 Å². The highest BCUT2D eigenvalue weighted by atomic mass is 35.5. The summed E-state index contributed by atoms with van der Waals surface area (Å²) in [6.45, 7) is 0.323. The number of nitrogens with zero attached hydrogens (tertiary/aromatic N) is 1. The average Bonchev–Trinajstić information content (AvgIpc) is 2.67. The van der Waals surface area contributed by atoms with Gasteiger partial charge in [-0.25, -0.2) is 0 Å². The molecule has 2 fully saturated rings. The van der Waals surface area contributed by atoms with E-state index in [0.29, 0.717) is 34.4 Å². The summed E-state index contributed by atoms with van der Waals surface area (Å²) in [7, 11) is 0. The first-order valence-corrected chi connectivity index (χ1v) is 7.98. The van der Waals surface area contributed by atoms with Crippen molar-refractivity contribution < 1.29 is 9.90 Å². The van der Waals surface area contributed by atoms with Gasteiger partial charge in [0.2, 0.25) is 5.91 Å². The number of piperidine rings is 1. The van der Waals surface area contributed by atoms with Gasteiger partial charge in [-0.1, -0.05) is 29.3 Å². The van der Waals surface area contributed by atoms with Crippen molar-refractivity contribution in [3.63, 3.8) is 0 Å². The van der Waals surface area contributed by atoms with Crippen LogP contribution in [0, 0.1) is 0 Å². The van der Waals surface area contributed by atoms with Crippen LogP contribution in [0.25, 0.3) is 0 Å². The maximum atomic E-state index is 12.3. The molecule has 0 radical (unpaired) electrons. The maximum absolute atomic E-state index is 12.3. The smallest absolute Gasteiger partial charge is 0.238 e. The van der Waals surface area contributed by atoms with Crippen LogP contribution in [0.4, 0.5) is 5.69 Å². The van der Waals surface area contributed by atoms with Crippen LogP contribution < -0.4 is 5.32 Å². The molecule has 4 nitrogen and oxygen atoms in total. The average molecular weight is 329 g/mol. The highest BCUT2D eigenvalue weighted by Crippen LogP contribution is 2.36. The van der Waals surface area contributed by atoms with Crippen LogP contribution in [-0.2, 0) is 4.79 Å². The predicted molar refractivity (Wildman–Crippen MR) is 83.8 cm³/mol. The molecule has 2 aliphatic rings. The van der Waals surface area contributed by atoms with E-state index in [9.17, 15) is 9.90 Å². The second kappa shape index (κ2) is 6.13. The summed E-state index contributed by atoms with van der Waals surface area (Å²) in [5, 5.41) is 13.5. The van der Waals surface area contributed by atoms with Crippen molar-refractivity contribution in [3.8, 4) is 0 Å². The van der Waals surface area contributed by atoms with Crippen molar-refractivity contribution in [2.45, 2.75) is 43.9 Å². The third-order valence-electron chi connectivity index (χ3n) is 4.41. The molecule has 1 amide bonds. The van der Waals surface area contributed by atoms with E-state index in [-0.39, 0.29) is 12.0 Å². The fourth-order valence-corrected chi connectivity index (χ4v) is 3.96. The van der Waals surface area contributed by atoms with Crippen molar-refractivity contribution in [3.05, 3.63) is 28.2 Å². The normalized spacial score (nSPS) is 28.6. The lowest BCUT2D eigenvalue weighted by molar-refractivity contribution is -0.119. The second-order valence-electron chi connectivity index (χ2n) is 5.83. The number of hydrogen-bond acceptors (Lipinski definition) is 3. The third kappa shape index (κ3) is 3.19. The maximum Gasteiger partial charge on any atom is 0.238 e. The van der Waals surface area contributed by atoms with E-state index in [1.165, 1.54) is 0 Å². The summed E-state index contributed by atoms with van der Waals surface area (Å²) in [6.07, 6.45) is 3.41. The molecule has 1 aromatic carbocycles. The molecule has 0 spiro atoms. The van der Waals surface area contributed by atoms with Crippen molar-refractivity contribution >= 4 is 34.8 Å². The van der Waals surface area contributed by atoms with Gasteiger partial charge in [-0.05, 0) is 37.8 Å². The Kier molecular flexibility index (Phi) is 4.41. The summed E-state index contributed by atoms with van der Waals surface area (Å²) >= 11 is 12.1. The first kappa shape index (κ1) is 15.1. The molecule has 0 saturated carbocycles. The molecule has 3 rings (SSSR count). The highest BCUT2D eigenvalue weighted by Gasteiger charge is 2.40. The molecule has 21 heavy (non-hydrogen) atoms. The lowest BCUT2D eigenvalue weighted by atomic mass is 10.00. The number of anilines is 1. The minimum Gasteiger partial charge on any atom is -0.393 e. The van der Waals surface area contributed by atoms with Crippen molar-refractivity contribution in [2.24, 2.45) is 0 Å². The SMILES string of the molecule is O=C(CN1C2CCC1CC(O)C2)Nc1c(Cl)cccc1Cl. The van der Waals surface area contributed by atoms with E-state index in [4.69, 9.17) is 23.2 Å². The summed E-state index contributed by atoms with van der Waals surface area (Å²) < 4.78 is 0. The molecule has 0 aromatic heterocycles. The van der Waals surface area contributed by atoms with Crippen molar-refractivity contribution in [1.82, 2.24) is 4.90 Å². The quantitative estimate of drug-likeness (QED) is 0.896. The molecule has 6 heteroatoms. The fraction of sp³-hybridized carbons (Fsp3) is 0.533. The van der Waals surface area contributed by atoms with E-state index < -0.39 is 0 Å². The first-order valence-electron chi connectivity index (χ1n) is 7.22. The molecule has 2 N–H and O–H groups in total. The molecule has 1 aromatic rings. The zero-order chi connectivity index (χ0) is 15.0. The Hall–Kier alpha value is -0.810. The van der Waals surface area contributed by atoms with Gasteiger partial charge in [0.05, 0.1) is 28.4 Å². The van der Waals surface area contributed by atoms with E-state index >= 15 is 0 Å². The van der Waals surface area contributed by atoms with Gasteiger partial charge in [0.15, 0.2) is 0 Å². The second-order valence-corrected chi connectivity index (χ2v) is 6.64. The number of aliphatic hydroxyl groups is 1. The predicted octanol–water partition coefficient (Wildman–Crippen LogP) is 2.92. The van der Waals surface area contributed by atoms with Crippen LogP contribution in [0.5, 0.6) is 0 Å². The summed E-state index contributed by atoms with van der Waals surface area (Å²) in [5.74, 6) is -0.113. The lowest BCUT2D eigenvalue weighted by Gasteiger charge is -2.36. The molecule has 114 valence electrons. The molecule has 2 heterocycles. The van der Waals surface area contributed by atoms with Crippen LogP contribution in [0.15, 0.2) is 18.2 Å². The number of amides is 1. The number of fused-ring (bicyclic) bond motifs is 2. The Morgan fingerprint density at radius 3 is 2.38 bits per heavy atom. The standard InChI is InChI=1S/C15H18Cl2N2O2/c16-12-2-1-3-13(17)15(12)18-14(21)8-19-9-4-5-10(19)7-11(20)6-9/h1-3,9-11,20H,4-8H2,(H,18,21). The van der Waals surface area contributed by atoms with Crippen LogP contribution in [0.2, 0.25) is 10.0 Å². The Labute approximate surface area is 134 Å². The Morgan fingerprint density at radius 2 is 1.81 bits per heavy atom. The number of carbonyl (C=O) groups is 1. The van der Waals surface area contributed by atoms with Crippen LogP contribution in [0.3, 0.4) is 0 Å². The fourth-order valence-electron chi connectivity index (χ4n) is 3.47. The minimum atomic E-state index is -0.222. The first-order chi connectivity index (χ1) is 10.0. The van der Waals surface area contributed by atoms with Gasteiger partial charge in [0, 0.05) is 12.1 Å². The van der Waals surface area contributed by atoms with E-state index in [1.807, 2.05) is 0 Å². The number of halogens is 2. The van der Waals surface area contributed by atoms with E-state index in [0.717, 1.165) is 25.7 Å². The number of para-hydroxylation sites is 1. The number of benzene rings is 1.